The standard InChI is InChI=1S/C37H34ClN7O6/c1-21-24-11-12-29(26(24)10-9-25(21)37(49)50)42-36(48)32-18-31(35(47)39-19-22-5-4-6-23(17-22)44-13-15-51-16-14-44)41-33-27(20-40-45(32)33)34(46)43-30-8-3-2-7-28(30)38/h2-10,17-18,20,29H,11-16,19H2,1H3,(H,39,47)(H,42,48)(H,43,46)(H,49,50)/t29-/m0/s1. The highest BCUT2D eigenvalue weighted by Gasteiger charge is 2.30. The van der Waals surface area contributed by atoms with Crippen LogP contribution in [0.5, 0.6) is 0 Å². The molecule has 14 heteroatoms. The number of fused-ring (bicyclic) bond motifs is 2. The van der Waals surface area contributed by atoms with Crippen LogP contribution in [0, 0.1) is 6.92 Å². The van der Waals surface area contributed by atoms with Crippen molar-refractivity contribution in [1.29, 1.82) is 0 Å². The molecule has 5 aromatic rings. The van der Waals surface area contributed by atoms with Crippen molar-refractivity contribution < 1.29 is 29.0 Å². The van der Waals surface area contributed by atoms with E-state index in [1.165, 1.54) is 16.8 Å². The maximum atomic E-state index is 14.0. The van der Waals surface area contributed by atoms with E-state index in [0.717, 1.165) is 35.5 Å². The molecule has 0 spiro atoms. The number of benzene rings is 3. The molecule has 0 radical (unpaired) electrons. The van der Waals surface area contributed by atoms with Gasteiger partial charge in [0.15, 0.2) is 5.65 Å². The average Bonchev–Trinajstić information content (AvgIpc) is 3.76. The van der Waals surface area contributed by atoms with E-state index in [1.807, 2.05) is 24.3 Å². The third kappa shape index (κ3) is 6.85. The molecule has 0 saturated carbocycles. The molecule has 3 aromatic carbocycles. The van der Waals surface area contributed by atoms with E-state index < -0.39 is 29.7 Å². The summed E-state index contributed by atoms with van der Waals surface area (Å²) >= 11 is 6.28. The van der Waals surface area contributed by atoms with E-state index >= 15 is 0 Å². The third-order valence-corrected chi connectivity index (χ3v) is 9.60. The lowest BCUT2D eigenvalue weighted by Gasteiger charge is -2.29. The Hall–Kier alpha value is -5.79. The number of carbonyl (C=O) groups is 4. The Bertz CT molecular complexity index is 2200. The Morgan fingerprint density at radius 1 is 0.961 bits per heavy atom. The summed E-state index contributed by atoms with van der Waals surface area (Å²) in [5, 5.41) is 22.9. The molecule has 1 fully saturated rings. The van der Waals surface area contributed by atoms with Crippen LogP contribution in [-0.2, 0) is 17.7 Å². The van der Waals surface area contributed by atoms with Crippen LogP contribution in [0.3, 0.4) is 0 Å². The molecule has 1 saturated heterocycles. The first-order valence-electron chi connectivity index (χ1n) is 16.5. The number of aromatic nitrogens is 3. The molecule has 3 heterocycles. The van der Waals surface area contributed by atoms with Gasteiger partial charge in [-0.1, -0.05) is 41.9 Å². The molecular formula is C37H34ClN7O6. The summed E-state index contributed by atoms with van der Waals surface area (Å²) in [5.74, 6) is -2.69. The number of carboxylic acids is 1. The summed E-state index contributed by atoms with van der Waals surface area (Å²) in [6.45, 7) is 4.81. The van der Waals surface area contributed by atoms with Crippen molar-refractivity contribution in [2.45, 2.75) is 32.4 Å². The lowest BCUT2D eigenvalue weighted by atomic mass is 9.98. The number of halogens is 1. The minimum absolute atomic E-state index is 0.000403. The minimum Gasteiger partial charge on any atom is -0.478 e. The molecule has 51 heavy (non-hydrogen) atoms. The molecule has 2 aliphatic rings. The third-order valence-electron chi connectivity index (χ3n) is 9.27. The number of anilines is 2. The maximum Gasteiger partial charge on any atom is 0.335 e. The smallest absolute Gasteiger partial charge is 0.335 e. The number of hydrogen-bond acceptors (Lipinski definition) is 8. The molecule has 1 aliphatic heterocycles. The Balaban J connectivity index is 1.19. The molecule has 7 rings (SSSR count). The Labute approximate surface area is 297 Å². The fourth-order valence-electron chi connectivity index (χ4n) is 6.60. The number of carboxylic acid groups (broad SMARTS) is 1. The van der Waals surface area contributed by atoms with Crippen LogP contribution in [0.15, 0.2) is 72.9 Å². The largest absolute Gasteiger partial charge is 0.478 e. The van der Waals surface area contributed by atoms with E-state index in [9.17, 15) is 24.3 Å². The van der Waals surface area contributed by atoms with Gasteiger partial charge in [0.05, 0.1) is 41.7 Å². The molecule has 2 aromatic heterocycles. The summed E-state index contributed by atoms with van der Waals surface area (Å²) in [4.78, 5) is 59.6. The first-order valence-corrected chi connectivity index (χ1v) is 16.9. The van der Waals surface area contributed by atoms with Crippen LogP contribution in [0.1, 0.15) is 76.4 Å². The van der Waals surface area contributed by atoms with Gasteiger partial charge < -0.3 is 30.7 Å². The second-order valence-corrected chi connectivity index (χ2v) is 12.8. The summed E-state index contributed by atoms with van der Waals surface area (Å²) < 4.78 is 6.70. The number of rotatable bonds is 9. The molecule has 260 valence electrons. The van der Waals surface area contributed by atoms with Crippen molar-refractivity contribution in [3.05, 3.63) is 123 Å². The number of hydrogen-bond donors (Lipinski definition) is 4. The van der Waals surface area contributed by atoms with Crippen LogP contribution in [0.4, 0.5) is 11.4 Å². The van der Waals surface area contributed by atoms with Gasteiger partial charge in [-0.05, 0) is 72.4 Å². The lowest BCUT2D eigenvalue weighted by molar-refractivity contribution is 0.0695. The van der Waals surface area contributed by atoms with Crippen molar-refractivity contribution in [2.24, 2.45) is 0 Å². The summed E-state index contributed by atoms with van der Waals surface area (Å²) in [5.41, 5.74) is 4.80. The van der Waals surface area contributed by atoms with Crippen molar-refractivity contribution in [3.63, 3.8) is 0 Å². The Morgan fingerprint density at radius 2 is 1.76 bits per heavy atom. The zero-order chi connectivity index (χ0) is 35.6. The van der Waals surface area contributed by atoms with Crippen molar-refractivity contribution in [1.82, 2.24) is 25.2 Å². The number of nitrogens with zero attached hydrogens (tertiary/aromatic N) is 4. The van der Waals surface area contributed by atoms with Crippen molar-refractivity contribution >= 4 is 52.3 Å². The molecular weight excluding hydrogens is 674 g/mol. The topological polar surface area (TPSA) is 167 Å². The number of aromatic carboxylic acids is 1. The van der Waals surface area contributed by atoms with Gasteiger partial charge in [-0.2, -0.15) is 5.10 Å². The molecule has 1 aliphatic carbocycles. The Kier molecular flexibility index (Phi) is 9.39. The number of morpholine rings is 1. The number of para-hydroxylation sites is 1. The number of carbonyl (C=O) groups excluding carboxylic acids is 3. The van der Waals surface area contributed by atoms with Crippen LogP contribution in [-0.4, -0.2) is 69.7 Å². The van der Waals surface area contributed by atoms with Gasteiger partial charge in [-0.25, -0.2) is 14.3 Å². The van der Waals surface area contributed by atoms with E-state index in [4.69, 9.17) is 16.3 Å². The first kappa shape index (κ1) is 33.7. The zero-order valence-electron chi connectivity index (χ0n) is 27.6. The minimum atomic E-state index is -1.01. The number of nitrogens with one attached hydrogen (secondary N) is 3. The van der Waals surface area contributed by atoms with Gasteiger partial charge in [0.2, 0.25) is 0 Å². The lowest BCUT2D eigenvalue weighted by Crippen LogP contribution is -2.36. The number of amides is 3. The Morgan fingerprint density at radius 3 is 2.55 bits per heavy atom. The summed E-state index contributed by atoms with van der Waals surface area (Å²) in [6.07, 6.45) is 2.43. The predicted octanol–water partition coefficient (Wildman–Crippen LogP) is 4.83. The van der Waals surface area contributed by atoms with Crippen molar-refractivity contribution in [3.8, 4) is 0 Å². The molecule has 4 N–H and O–H groups in total. The first-order chi connectivity index (χ1) is 24.7. The summed E-state index contributed by atoms with van der Waals surface area (Å²) in [7, 11) is 0. The van der Waals surface area contributed by atoms with E-state index in [1.54, 1.807) is 43.3 Å². The SMILES string of the molecule is Cc1c(C(=O)O)ccc2c1CC[C@@H]2NC(=O)c1cc(C(=O)NCc2cccc(N3CCOCC3)c2)nc2c(C(=O)Nc3ccccc3Cl)cnn12. The zero-order valence-corrected chi connectivity index (χ0v) is 28.4. The molecule has 0 bridgehead atoms. The normalized spacial score (nSPS) is 15.3. The van der Waals surface area contributed by atoms with Crippen LogP contribution in [0.2, 0.25) is 5.02 Å². The second kappa shape index (κ2) is 14.2. The second-order valence-electron chi connectivity index (χ2n) is 12.4. The van der Waals surface area contributed by atoms with Gasteiger partial charge in [0.25, 0.3) is 17.7 Å². The van der Waals surface area contributed by atoms with E-state index in [-0.39, 0.29) is 34.7 Å². The highest BCUT2D eigenvalue weighted by Crippen LogP contribution is 2.35. The van der Waals surface area contributed by atoms with Crippen LogP contribution >= 0.6 is 11.6 Å². The molecule has 0 unspecified atom stereocenters. The van der Waals surface area contributed by atoms with E-state index in [0.29, 0.717) is 42.3 Å². The highest BCUT2D eigenvalue weighted by atomic mass is 35.5. The quantitative estimate of drug-likeness (QED) is 0.168. The van der Waals surface area contributed by atoms with Gasteiger partial charge in [-0.3, -0.25) is 14.4 Å². The number of ether oxygens (including phenoxy) is 1. The predicted molar refractivity (Wildman–Crippen MR) is 190 cm³/mol. The maximum absolute atomic E-state index is 14.0. The average molecular weight is 708 g/mol. The van der Waals surface area contributed by atoms with Gasteiger partial charge in [0.1, 0.15) is 17.0 Å². The van der Waals surface area contributed by atoms with Crippen molar-refractivity contribution in [2.75, 3.05) is 36.5 Å². The molecule has 1 atom stereocenters. The van der Waals surface area contributed by atoms with Gasteiger partial charge >= 0.3 is 5.97 Å². The van der Waals surface area contributed by atoms with E-state index in [2.05, 4.69) is 30.9 Å². The monoisotopic (exact) mass is 707 g/mol. The summed E-state index contributed by atoms with van der Waals surface area (Å²) in [6, 6.07) is 18.8. The highest BCUT2D eigenvalue weighted by molar-refractivity contribution is 6.34. The molecule has 3 amide bonds. The fraction of sp³-hybridized carbons (Fsp3) is 0.243. The van der Waals surface area contributed by atoms with Gasteiger partial charge in [0, 0.05) is 31.4 Å². The fourth-order valence-corrected chi connectivity index (χ4v) is 6.79. The molecule has 13 nitrogen and oxygen atoms in total. The van der Waals surface area contributed by atoms with Gasteiger partial charge in [-0.15, -0.1) is 0 Å². The van der Waals surface area contributed by atoms with Crippen LogP contribution < -0.4 is 20.9 Å². The van der Waals surface area contributed by atoms with Crippen LogP contribution in [0.25, 0.3) is 5.65 Å².